The summed E-state index contributed by atoms with van der Waals surface area (Å²) in [6.07, 6.45) is 5.87. The Morgan fingerprint density at radius 2 is 0.965 bits per heavy atom. The van der Waals surface area contributed by atoms with E-state index in [1.807, 2.05) is 54.8 Å². The second-order valence-corrected chi connectivity index (χ2v) is 16.3. The summed E-state index contributed by atoms with van der Waals surface area (Å²) >= 11 is 3.41. The molecule has 0 aliphatic rings. The second-order valence-electron chi connectivity index (χ2n) is 13.3. The van der Waals surface area contributed by atoms with E-state index in [1.54, 1.807) is 22.7 Å². The number of fused-ring (bicyclic) bond motifs is 8. The Morgan fingerprint density at radius 3 is 1.56 bits per heavy atom. The zero-order valence-corrected chi connectivity index (χ0v) is 36.3. The molecule has 0 spiro atoms. The Kier molecular flexibility index (Phi) is 13.5. The molecule has 57 heavy (non-hydrogen) atoms. The molecule has 0 saturated heterocycles. The Morgan fingerprint density at radius 1 is 0.526 bits per heavy atom. The molecule has 0 saturated carbocycles. The minimum Gasteiger partial charge on any atom is -1.00 e. The van der Waals surface area contributed by atoms with Gasteiger partial charge in [0, 0.05) is 31.3 Å². The molecule has 1 atom stereocenters. The van der Waals surface area contributed by atoms with Crippen LogP contribution in [0.15, 0.2) is 168 Å². The van der Waals surface area contributed by atoms with E-state index in [1.165, 1.54) is 63.6 Å². The Hall–Kier alpha value is -4.81. The molecule has 8 aromatic carbocycles. The molecule has 274 valence electrons. The molecule has 1 unspecified atom stereocenters. The van der Waals surface area contributed by atoms with Gasteiger partial charge in [-0.2, -0.15) is 0 Å². The van der Waals surface area contributed by atoms with Gasteiger partial charge in [-0.25, -0.2) is 0 Å². The first kappa shape index (κ1) is 40.4. The van der Waals surface area contributed by atoms with E-state index in [0.29, 0.717) is 12.8 Å². The Bertz CT molecular complexity index is 3040. The van der Waals surface area contributed by atoms with Crippen LogP contribution in [-0.2, 0) is 15.3 Å². The van der Waals surface area contributed by atoms with Crippen molar-refractivity contribution in [3.05, 3.63) is 191 Å². The molecule has 0 aliphatic heterocycles. The molecule has 0 radical (unpaired) electrons. The number of thiophene rings is 2. The van der Waals surface area contributed by atoms with Crippen molar-refractivity contribution < 1.29 is 44.9 Å². The average molecular weight is 806 g/mol. The third-order valence-corrected chi connectivity index (χ3v) is 12.9. The molecule has 0 fully saturated rings. The molecule has 10 aromatic rings. The number of benzene rings is 8. The molecule has 10 rings (SSSR count). The zero-order chi connectivity index (χ0) is 38.3. The summed E-state index contributed by atoms with van der Waals surface area (Å²) < 4.78 is 19.6. The van der Waals surface area contributed by atoms with Crippen LogP contribution in [0.4, 0.5) is 0 Å². The fourth-order valence-corrected chi connectivity index (χ4v) is 9.96. The summed E-state index contributed by atoms with van der Waals surface area (Å²) in [5.41, 5.74) is 4.45. The number of carbonyl (C=O) groups is 1. The van der Waals surface area contributed by atoms with E-state index in [9.17, 15) is 9.36 Å². The fraction of sp³-hybridized carbons (Fsp3) is 0.0600. The van der Waals surface area contributed by atoms with Gasteiger partial charge in [-0.1, -0.05) is 146 Å². The van der Waals surface area contributed by atoms with Gasteiger partial charge in [-0.15, -0.1) is 27.2 Å². The Balaban J connectivity index is 0.000000154. The normalized spacial score (nSPS) is 11.4. The first-order valence-electron chi connectivity index (χ1n) is 18.5. The predicted octanol–water partition coefficient (Wildman–Crippen LogP) is 12.5. The molecule has 0 N–H and O–H groups in total. The molecular formula is C50H39NaO3PS2+. The van der Waals surface area contributed by atoms with Gasteiger partial charge in [-0.3, -0.25) is 4.79 Å². The van der Waals surface area contributed by atoms with E-state index in [0.717, 1.165) is 28.2 Å². The maximum atomic E-state index is 11.9. The van der Waals surface area contributed by atoms with Crippen molar-refractivity contribution in [1.82, 2.24) is 0 Å². The SMILES string of the molecule is C(=C\c1cc2ccccc2c2ccccc12)/c1csc2ccccc12.CCO[P+](=O)Cc1cc2ccccc2c2ccccc12.O=Cc1csc2ccccc12.[H-].[Na+]. The van der Waals surface area contributed by atoms with Crippen LogP contribution in [0.2, 0.25) is 0 Å². The largest absolute Gasteiger partial charge is 1.00 e. The van der Waals surface area contributed by atoms with Gasteiger partial charge in [0.05, 0.1) is 6.61 Å². The number of hydrogen-bond acceptors (Lipinski definition) is 5. The summed E-state index contributed by atoms with van der Waals surface area (Å²) in [7, 11) is -1.64. The van der Waals surface area contributed by atoms with Crippen molar-refractivity contribution in [2.45, 2.75) is 13.1 Å². The van der Waals surface area contributed by atoms with Crippen LogP contribution in [0, 0.1) is 0 Å². The van der Waals surface area contributed by atoms with Gasteiger partial charge in [0.2, 0.25) is 6.16 Å². The van der Waals surface area contributed by atoms with Crippen LogP contribution in [0.25, 0.3) is 75.4 Å². The molecule has 0 aliphatic carbocycles. The average Bonchev–Trinajstić information content (AvgIpc) is 3.88. The number of rotatable bonds is 7. The monoisotopic (exact) mass is 805 g/mol. The zero-order valence-electron chi connectivity index (χ0n) is 32.8. The first-order valence-corrected chi connectivity index (χ1v) is 21.7. The number of carbonyl (C=O) groups excluding carboxylic acids is 1. The molecule has 3 nitrogen and oxygen atoms in total. The predicted molar refractivity (Wildman–Crippen MR) is 245 cm³/mol. The molecule has 2 heterocycles. The number of hydrogen-bond donors (Lipinski definition) is 0. The van der Waals surface area contributed by atoms with Crippen LogP contribution in [0.1, 0.15) is 35.4 Å². The third-order valence-electron chi connectivity index (χ3n) is 9.82. The van der Waals surface area contributed by atoms with Crippen LogP contribution in [-0.4, -0.2) is 12.9 Å². The van der Waals surface area contributed by atoms with Crippen molar-refractivity contribution in [3.8, 4) is 0 Å². The van der Waals surface area contributed by atoms with Crippen molar-refractivity contribution in [1.29, 1.82) is 0 Å². The summed E-state index contributed by atoms with van der Waals surface area (Å²) in [5.74, 6) is 0. The summed E-state index contributed by atoms with van der Waals surface area (Å²) in [5, 5.41) is 16.5. The van der Waals surface area contributed by atoms with Crippen molar-refractivity contribution in [2.75, 3.05) is 6.61 Å². The van der Waals surface area contributed by atoms with E-state index < -0.39 is 8.03 Å². The van der Waals surface area contributed by atoms with Crippen LogP contribution < -0.4 is 29.6 Å². The maximum absolute atomic E-state index is 11.9. The summed E-state index contributed by atoms with van der Waals surface area (Å²) in [6.45, 7) is 2.35. The molecule has 2 aromatic heterocycles. The van der Waals surface area contributed by atoms with E-state index in [4.69, 9.17) is 4.52 Å². The summed E-state index contributed by atoms with van der Waals surface area (Å²) in [4.78, 5) is 10.5. The molecule has 7 heteroatoms. The van der Waals surface area contributed by atoms with Crippen LogP contribution in [0.5, 0.6) is 0 Å². The molecular weight excluding hydrogens is 767 g/mol. The van der Waals surface area contributed by atoms with Gasteiger partial charge < -0.3 is 1.43 Å². The Labute approximate surface area is 364 Å². The van der Waals surface area contributed by atoms with E-state index in [-0.39, 0.29) is 31.0 Å². The number of aldehydes is 1. The second kappa shape index (κ2) is 19.1. The topological polar surface area (TPSA) is 43.4 Å². The van der Waals surface area contributed by atoms with Gasteiger partial charge in [0.15, 0.2) is 6.29 Å². The van der Waals surface area contributed by atoms with Gasteiger partial charge in [0.1, 0.15) is 0 Å². The minimum absolute atomic E-state index is 0. The van der Waals surface area contributed by atoms with Gasteiger partial charge in [-0.05, 0) is 101 Å². The van der Waals surface area contributed by atoms with Crippen molar-refractivity contribution in [3.63, 3.8) is 0 Å². The van der Waals surface area contributed by atoms with Crippen molar-refractivity contribution >= 4 is 112 Å². The van der Waals surface area contributed by atoms with Crippen LogP contribution >= 0.6 is 30.7 Å². The molecule has 0 amide bonds. The maximum Gasteiger partial charge on any atom is 1.00 e. The standard InChI is InChI=1S/C24H16S.C17H16O2P.C9H6OS.Na.H/c1-2-8-20-17(7-1)15-18(21-9-3-4-11-23(20)21)13-14-19-16-25-24-12-6-5-10-22(19)24;1-2-19-20(18)12-14-11-13-7-3-4-8-15(13)17-10-6-5-9-16(14)17;10-5-7-6-11-9-4-2-1-3-8(7)9;;/h1-16H;3-11H,2,12H2,1H3;1-6H;;/q;+1;;+1;-1/b14-13+;;;;. The first-order chi connectivity index (χ1) is 27.6. The van der Waals surface area contributed by atoms with Crippen LogP contribution in [0.3, 0.4) is 0 Å². The van der Waals surface area contributed by atoms with E-state index in [2.05, 4.69) is 133 Å². The fourth-order valence-electron chi connectivity index (χ4n) is 7.21. The quantitative estimate of drug-likeness (QED) is 0.0697. The van der Waals surface area contributed by atoms with Crippen molar-refractivity contribution in [2.24, 2.45) is 0 Å². The van der Waals surface area contributed by atoms with Gasteiger partial charge in [0.25, 0.3) is 0 Å². The summed E-state index contributed by atoms with van der Waals surface area (Å²) in [6, 6.07) is 54.8. The van der Waals surface area contributed by atoms with Gasteiger partial charge >= 0.3 is 37.6 Å². The third kappa shape index (κ3) is 9.02. The molecule has 0 bridgehead atoms. The van der Waals surface area contributed by atoms with E-state index >= 15 is 0 Å². The smallest absolute Gasteiger partial charge is 1.00 e. The minimum atomic E-state index is -1.64.